The first-order valence-corrected chi connectivity index (χ1v) is 10.6. The summed E-state index contributed by atoms with van der Waals surface area (Å²) in [6.45, 7) is 4.76. The van der Waals surface area contributed by atoms with Gasteiger partial charge < -0.3 is 15.0 Å². The lowest BCUT2D eigenvalue weighted by Gasteiger charge is -2.29. The van der Waals surface area contributed by atoms with E-state index < -0.39 is 0 Å². The second-order valence-corrected chi connectivity index (χ2v) is 8.10. The summed E-state index contributed by atoms with van der Waals surface area (Å²) in [5.74, 6) is -0.103. The minimum atomic E-state index is -0.299. The van der Waals surface area contributed by atoms with Crippen molar-refractivity contribution in [2.45, 2.75) is 26.8 Å². The van der Waals surface area contributed by atoms with Crippen molar-refractivity contribution in [3.8, 4) is 5.75 Å². The molecule has 0 unspecified atom stereocenters. The summed E-state index contributed by atoms with van der Waals surface area (Å²) in [5.41, 5.74) is 5.14. The maximum Gasteiger partial charge on any atom is 0.262 e. The Labute approximate surface area is 186 Å². The van der Waals surface area contributed by atoms with Gasteiger partial charge in [0.25, 0.3) is 11.8 Å². The molecule has 1 aliphatic rings. The summed E-state index contributed by atoms with van der Waals surface area (Å²) >= 11 is 0. The van der Waals surface area contributed by atoms with Gasteiger partial charge in [-0.3, -0.25) is 9.59 Å². The lowest BCUT2D eigenvalue weighted by molar-refractivity contribution is -0.118. The van der Waals surface area contributed by atoms with Crippen molar-refractivity contribution in [1.29, 1.82) is 0 Å². The minimum absolute atomic E-state index is 0.0966. The Kier molecular flexibility index (Phi) is 6.21. The third kappa shape index (κ3) is 4.97. The Balaban J connectivity index is 1.42. The summed E-state index contributed by atoms with van der Waals surface area (Å²) in [7, 11) is 0. The molecule has 0 fully saturated rings. The van der Waals surface area contributed by atoms with E-state index >= 15 is 0 Å². The van der Waals surface area contributed by atoms with E-state index in [1.54, 1.807) is 35.2 Å². The molecule has 0 radical (unpaired) electrons. The van der Waals surface area contributed by atoms with Crippen LogP contribution in [0.5, 0.6) is 5.75 Å². The fourth-order valence-corrected chi connectivity index (χ4v) is 4.03. The number of nitrogens with zero attached hydrogens (tertiary/aromatic N) is 1. The molecule has 164 valence electrons. The summed E-state index contributed by atoms with van der Waals surface area (Å²) < 4.78 is 18.9. The van der Waals surface area contributed by atoms with Gasteiger partial charge in [0, 0.05) is 29.9 Å². The molecule has 0 saturated heterocycles. The smallest absolute Gasteiger partial charge is 0.262 e. The molecule has 5 nitrogen and oxygen atoms in total. The molecule has 4 rings (SSSR count). The highest BCUT2D eigenvalue weighted by Crippen LogP contribution is 2.29. The standard InChI is InChI=1S/C26H25FN2O3/c1-17-12-18(2)14-21(13-17)28-25(30)16-32-24-5-3-4-23-22(24)10-11-29(26(23)31)15-19-6-8-20(27)9-7-19/h3-9,12-14H,10-11,15-16H2,1-2H3,(H,28,30). The molecule has 0 aromatic heterocycles. The number of ether oxygens (including phenoxy) is 1. The molecule has 32 heavy (non-hydrogen) atoms. The molecule has 1 aliphatic heterocycles. The van der Waals surface area contributed by atoms with Crippen LogP contribution in [-0.4, -0.2) is 29.9 Å². The highest BCUT2D eigenvalue weighted by Gasteiger charge is 2.27. The second kappa shape index (κ2) is 9.22. The second-order valence-electron chi connectivity index (χ2n) is 8.10. The van der Waals surface area contributed by atoms with Crippen LogP contribution in [0.25, 0.3) is 0 Å². The maximum atomic E-state index is 13.1. The number of carbonyl (C=O) groups is 2. The number of rotatable bonds is 6. The van der Waals surface area contributed by atoms with Gasteiger partial charge in [0.2, 0.25) is 0 Å². The number of amides is 2. The van der Waals surface area contributed by atoms with Crippen LogP contribution < -0.4 is 10.1 Å². The predicted molar refractivity (Wildman–Crippen MR) is 121 cm³/mol. The highest BCUT2D eigenvalue weighted by atomic mass is 19.1. The zero-order valence-corrected chi connectivity index (χ0v) is 18.2. The van der Waals surface area contributed by atoms with E-state index in [9.17, 15) is 14.0 Å². The van der Waals surface area contributed by atoms with Crippen LogP contribution in [0.2, 0.25) is 0 Å². The Morgan fingerprint density at radius 1 is 1.06 bits per heavy atom. The molecular weight excluding hydrogens is 407 g/mol. The first kappa shape index (κ1) is 21.6. The minimum Gasteiger partial charge on any atom is -0.483 e. The molecule has 0 bridgehead atoms. The van der Waals surface area contributed by atoms with Gasteiger partial charge in [-0.05, 0) is 73.4 Å². The third-order valence-electron chi connectivity index (χ3n) is 5.43. The number of nitrogens with one attached hydrogen (secondary N) is 1. The fourth-order valence-electron chi connectivity index (χ4n) is 4.03. The van der Waals surface area contributed by atoms with E-state index in [-0.39, 0.29) is 24.2 Å². The lowest BCUT2D eigenvalue weighted by atomic mass is 9.97. The van der Waals surface area contributed by atoms with Crippen LogP contribution in [0, 0.1) is 19.7 Å². The Morgan fingerprint density at radius 3 is 2.50 bits per heavy atom. The average molecular weight is 432 g/mol. The van der Waals surface area contributed by atoms with Gasteiger partial charge in [0.1, 0.15) is 11.6 Å². The first-order valence-electron chi connectivity index (χ1n) is 10.6. The normalized spacial score (nSPS) is 13.0. The molecular formula is C26H25FN2O3. The van der Waals surface area contributed by atoms with Crippen LogP contribution in [-0.2, 0) is 17.8 Å². The van der Waals surface area contributed by atoms with Crippen LogP contribution >= 0.6 is 0 Å². The van der Waals surface area contributed by atoms with Gasteiger partial charge in [-0.25, -0.2) is 4.39 Å². The van der Waals surface area contributed by atoms with E-state index in [0.717, 1.165) is 27.9 Å². The molecule has 0 aliphatic carbocycles. The number of aryl methyl sites for hydroxylation is 2. The van der Waals surface area contributed by atoms with E-state index in [4.69, 9.17) is 4.74 Å². The molecule has 2 amide bonds. The monoisotopic (exact) mass is 432 g/mol. The largest absolute Gasteiger partial charge is 0.483 e. The predicted octanol–water partition coefficient (Wildman–Crippen LogP) is 4.66. The van der Waals surface area contributed by atoms with Gasteiger partial charge in [0.05, 0.1) is 0 Å². The molecule has 3 aromatic rings. The van der Waals surface area contributed by atoms with Crippen molar-refractivity contribution >= 4 is 17.5 Å². The van der Waals surface area contributed by atoms with Crippen molar-refractivity contribution in [2.24, 2.45) is 0 Å². The Morgan fingerprint density at radius 2 is 1.78 bits per heavy atom. The van der Waals surface area contributed by atoms with Crippen LogP contribution in [0.1, 0.15) is 32.6 Å². The maximum absolute atomic E-state index is 13.1. The van der Waals surface area contributed by atoms with E-state index in [1.165, 1.54) is 12.1 Å². The molecule has 0 spiro atoms. The Hall–Kier alpha value is -3.67. The summed E-state index contributed by atoms with van der Waals surface area (Å²) in [5, 5.41) is 2.86. The van der Waals surface area contributed by atoms with Crippen molar-refractivity contribution < 1.29 is 18.7 Å². The topological polar surface area (TPSA) is 58.6 Å². The quantitative estimate of drug-likeness (QED) is 0.616. The van der Waals surface area contributed by atoms with Crippen molar-refractivity contribution in [2.75, 3.05) is 18.5 Å². The van der Waals surface area contributed by atoms with Gasteiger partial charge in [-0.1, -0.05) is 24.3 Å². The zero-order chi connectivity index (χ0) is 22.7. The summed E-state index contributed by atoms with van der Waals surface area (Å²) in [4.78, 5) is 27.1. The van der Waals surface area contributed by atoms with Gasteiger partial charge in [-0.15, -0.1) is 0 Å². The zero-order valence-electron chi connectivity index (χ0n) is 18.2. The number of carbonyl (C=O) groups excluding carboxylic acids is 2. The fraction of sp³-hybridized carbons (Fsp3) is 0.231. The van der Waals surface area contributed by atoms with Gasteiger partial charge >= 0.3 is 0 Å². The molecule has 6 heteroatoms. The van der Waals surface area contributed by atoms with Crippen molar-refractivity contribution in [1.82, 2.24) is 4.90 Å². The number of halogens is 1. The van der Waals surface area contributed by atoms with Gasteiger partial charge in [-0.2, -0.15) is 0 Å². The van der Waals surface area contributed by atoms with Crippen LogP contribution in [0.4, 0.5) is 10.1 Å². The molecule has 1 heterocycles. The number of fused-ring (bicyclic) bond motifs is 1. The Bertz CT molecular complexity index is 1140. The van der Waals surface area contributed by atoms with E-state index in [0.29, 0.717) is 30.8 Å². The number of hydrogen-bond acceptors (Lipinski definition) is 3. The van der Waals surface area contributed by atoms with Gasteiger partial charge in [0.15, 0.2) is 6.61 Å². The summed E-state index contributed by atoms with van der Waals surface area (Å²) in [6.07, 6.45) is 0.622. The SMILES string of the molecule is Cc1cc(C)cc(NC(=O)COc2cccc3c2CCN(Cc2ccc(F)cc2)C3=O)c1. The number of anilines is 1. The molecule has 0 atom stereocenters. The van der Waals surface area contributed by atoms with Crippen LogP contribution in [0.3, 0.4) is 0 Å². The summed E-state index contributed by atoms with van der Waals surface area (Å²) in [6, 6.07) is 17.3. The van der Waals surface area contributed by atoms with Crippen molar-refractivity contribution in [3.05, 3.63) is 94.3 Å². The number of hydrogen-bond donors (Lipinski definition) is 1. The lowest BCUT2D eigenvalue weighted by Crippen LogP contribution is -2.37. The highest BCUT2D eigenvalue weighted by molar-refractivity contribution is 5.97. The van der Waals surface area contributed by atoms with E-state index in [2.05, 4.69) is 5.32 Å². The van der Waals surface area contributed by atoms with Crippen LogP contribution in [0.15, 0.2) is 60.7 Å². The first-order chi connectivity index (χ1) is 15.4. The molecule has 0 saturated carbocycles. The van der Waals surface area contributed by atoms with E-state index in [1.807, 2.05) is 32.0 Å². The van der Waals surface area contributed by atoms with Crippen molar-refractivity contribution in [3.63, 3.8) is 0 Å². The molecule has 3 aromatic carbocycles. The third-order valence-corrected chi connectivity index (χ3v) is 5.43. The average Bonchev–Trinajstić information content (AvgIpc) is 2.75. The number of benzene rings is 3. The molecule has 1 N–H and O–H groups in total.